The standard InChI is InChI=1S/C23H38O2S/c1-2-3-4-5-6-7-8-9-10-11-12-13-17-20-22(23(24)25)26-21-18-15-14-16-19-21/h14-16,18-19,22H,2-13,17,20H2,1H3,(H,24,25). The molecular formula is C23H38O2S. The van der Waals surface area contributed by atoms with E-state index < -0.39 is 5.97 Å². The molecule has 0 saturated heterocycles. The maximum Gasteiger partial charge on any atom is 0.316 e. The summed E-state index contributed by atoms with van der Waals surface area (Å²) in [5.74, 6) is -0.683. The van der Waals surface area contributed by atoms with Gasteiger partial charge in [-0.15, -0.1) is 11.8 Å². The summed E-state index contributed by atoms with van der Waals surface area (Å²) in [4.78, 5) is 12.5. The van der Waals surface area contributed by atoms with Crippen molar-refractivity contribution in [2.45, 2.75) is 107 Å². The van der Waals surface area contributed by atoms with Crippen LogP contribution in [0.5, 0.6) is 0 Å². The molecule has 0 aliphatic carbocycles. The summed E-state index contributed by atoms with van der Waals surface area (Å²) in [5.41, 5.74) is 0. The first kappa shape index (κ1) is 23.1. The molecule has 26 heavy (non-hydrogen) atoms. The van der Waals surface area contributed by atoms with Gasteiger partial charge in [-0.25, -0.2) is 0 Å². The Bertz CT molecular complexity index is 447. The van der Waals surface area contributed by atoms with E-state index in [4.69, 9.17) is 0 Å². The molecule has 3 heteroatoms. The van der Waals surface area contributed by atoms with Crippen molar-refractivity contribution in [1.29, 1.82) is 0 Å². The number of hydrogen-bond acceptors (Lipinski definition) is 2. The average Bonchev–Trinajstić information content (AvgIpc) is 2.65. The second kappa shape index (κ2) is 16.2. The Hall–Kier alpha value is -0.960. The molecule has 0 bridgehead atoms. The molecule has 0 aliphatic heterocycles. The minimum Gasteiger partial charge on any atom is -0.480 e. The molecule has 0 radical (unpaired) electrons. The van der Waals surface area contributed by atoms with E-state index in [1.807, 2.05) is 30.3 Å². The first-order valence-corrected chi connectivity index (χ1v) is 11.6. The lowest BCUT2D eigenvalue weighted by Gasteiger charge is -2.11. The Morgan fingerprint density at radius 1 is 0.808 bits per heavy atom. The summed E-state index contributed by atoms with van der Waals surface area (Å²) >= 11 is 1.48. The molecule has 0 fully saturated rings. The summed E-state index contributed by atoms with van der Waals surface area (Å²) < 4.78 is 0. The third-order valence-corrected chi connectivity index (χ3v) is 6.13. The normalized spacial score (nSPS) is 12.2. The van der Waals surface area contributed by atoms with Crippen LogP contribution in [0.4, 0.5) is 0 Å². The fourth-order valence-corrected chi connectivity index (χ4v) is 4.27. The van der Waals surface area contributed by atoms with Crippen LogP contribution in [0, 0.1) is 0 Å². The van der Waals surface area contributed by atoms with Crippen LogP contribution in [0.25, 0.3) is 0 Å². The number of carbonyl (C=O) groups is 1. The number of rotatable bonds is 17. The van der Waals surface area contributed by atoms with Crippen LogP contribution in [0.15, 0.2) is 35.2 Å². The van der Waals surface area contributed by atoms with Crippen LogP contribution in [-0.4, -0.2) is 16.3 Å². The number of hydrogen-bond donors (Lipinski definition) is 1. The van der Waals surface area contributed by atoms with Crippen LogP contribution >= 0.6 is 11.8 Å². The van der Waals surface area contributed by atoms with Gasteiger partial charge in [-0.2, -0.15) is 0 Å². The Balaban J connectivity index is 1.96. The zero-order valence-corrected chi connectivity index (χ0v) is 17.4. The van der Waals surface area contributed by atoms with E-state index in [1.165, 1.54) is 82.4 Å². The molecule has 2 nitrogen and oxygen atoms in total. The first-order chi connectivity index (χ1) is 12.7. The van der Waals surface area contributed by atoms with Gasteiger partial charge in [0.05, 0.1) is 0 Å². The molecule has 0 aromatic heterocycles. The molecule has 1 N–H and O–H groups in total. The third kappa shape index (κ3) is 12.4. The van der Waals surface area contributed by atoms with Gasteiger partial charge in [-0.1, -0.05) is 109 Å². The van der Waals surface area contributed by atoms with E-state index in [0.717, 1.165) is 24.2 Å². The largest absolute Gasteiger partial charge is 0.480 e. The van der Waals surface area contributed by atoms with Crippen molar-refractivity contribution in [1.82, 2.24) is 0 Å². The molecule has 0 amide bonds. The fourth-order valence-electron chi connectivity index (χ4n) is 3.24. The SMILES string of the molecule is CCCCCCCCCCCCCCCC(Sc1ccccc1)C(=O)O. The molecule has 1 aromatic carbocycles. The number of unbranched alkanes of at least 4 members (excludes halogenated alkanes) is 12. The average molecular weight is 379 g/mol. The lowest BCUT2D eigenvalue weighted by molar-refractivity contribution is -0.136. The molecule has 148 valence electrons. The van der Waals surface area contributed by atoms with E-state index >= 15 is 0 Å². The summed E-state index contributed by atoms with van der Waals surface area (Å²) in [6.45, 7) is 2.27. The van der Waals surface area contributed by atoms with Crippen molar-refractivity contribution in [3.05, 3.63) is 30.3 Å². The van der Waals surface area contributed by atoms with Gasteiger partial charge in [-0.05, 0) is 18.6 Å². The Kier molecular flexibility index (Phi) is 14.4. The molecule has 1 rings (SSSR count). The summed E-state index contributed by atoms with van der Waals surface area (Å²) in [6, 6.07) is 9.88. The van der Waals surface area contributed by atoms with Gasteiger partial charge in [0.2, 0.25) is 0 Å². The maximum absolute atomic E-state index is 11.4. The first-order valence-electron chi connectivity index (χ1n) is 10.7. The van der Waals surface area contributed by atoms with Crippen LogP contribution in [0.2, 0.25) is 0 Å². The van der Waals surface area contributed by atoms with Crippen molar-refractivity contribution in [3.8, 4) is 0 Å². The second-order valence-electron chi connectivity index (χ2n) is 7.29. The van der Waals surface area contributed by atoms with Gasteiger partial charge in [0.15, 0.2) is 0 Å². The maximum atomic E-state index is 11.4. The summed E-state index contributed by atoms with van der Waals surface area (Å²) in [6.07, 6.45) is 18.0. The minimum atomic E-state index is -0.683. The van der Waals surface area contributed by atoms with Crippen molar-refractivity contribution in [2.75, 3.05) is 0 Å². The number of carboxylic acids is 1. The third-order valence-electron chi connectivity index (χ3n) is 4.87. The highest BCUT2D eigenvalue weighted by molar-refractivity contribution is 8.00. The highest BCUT2D eigenvalue weighted by atomic mass is 32.2. The number of aliphatic carboxylic acids is 1. The number of carboxylic acid groups (broad SMARTS) is 1. The van der Waals surface area contributed by atoms with Crippen LogP contribution in [0.3, 0.4) is 0 Å². The predicted molar refractivity (Wildman–Crippen MR) is 114 cm³/mol. The summed E-state index contributed by atoms with van der Waals surface area (Å²) in [7, 11) is 0. The van der Waals surface area contributed by atoms with E-state index in [1.54, 1.807) is 0 Å². The van der Waals surface area contributed by atoms with Crippen LogP contribution < -0.4 is 0 Å². The van der Waals surface area contributed by atoms with Crippen molar-refractivity contribution >= 4 is 17.7 Å². The van der Waals surface area contributed by atoms with Gasteiger partial charge in [0.1, 0.15) is 5.25 Å². The highest BCUT2D eigenvalue weighted by Crippen LogP contribution is 2.27. The topological polar surface area (TPSA) is 37.3 Å². The minimum absolute atomic E-state index is 0.315. The molecule has 1 atom stereocenters. The fraction of sp³-hybridized carbons (Fsp3) is 0.696. The zero-order chi connectivity index (χ0) is 18.9. The highest BCUT2D eigenvalue weighted by Gasteiger charge is 2.18. The number of benzene rings is 1. The van der Waals surface area contributed by atoms with E-state index in [9.17, 15) is 9.90 Å². The van der Waals surface area contributed by atoms with E-state index in [-0.39, 0.29) is 5.25 Å². The molecule has 0 aliphatic rings. The molecule has 1 aromatic rings. The Morgan fingerprint density at radius 2 is 1.27 bits per heavy atom. The lowest BCUT2D eigenvalue weighted by atomic mass is 10.0. The van der Waals surface area contributed by atoms with Crippen LogP contribution in [0.1, 0.15) is 96.8 Å². The molecule has 0 heterocycles. The van der Waals surface area contributed by atoms with Crippen LogP contribution in [-0.2, 0) is 4.79 Å². The van der Waals surface area contributed by atoms with Gasteiger partial charge in [0.25, 0.3) is 0 Å². The Labute approximate surface area is 165 Å². The predicted octanol–water partition coefficient (Wildman–Crippen LogP) is 7.71. The van der Waals surface area contributed by atoms with Gasteiger partial charge in [-0.3, -0.25) is 4.79 Å². The zero-order valence-electron chi connectivity index (χ0n) is 16.6. The Morgan fingerprint density at radius 3 is 1.73 bits per heavy atom. The van der Waals surface area contributed by atoms with Crippen molar-refractivity contribution in [2.24, 2.45) is 0 Å². The van der Waals surface area contributed by atoms with Gasteiger partial charge >= 0.3 is 5.97 Å². The van der Waals surface area contributed by atoms with Crippen molar-refractivity contribution in [3.63, 3.8) is 0 Å². The van der Waals surface area contributed by atoms with E-state index in [2.05, 4.69) is 6.92 Å². The molecule has 0 saturated carbocycles. The second-order valence-corrected chi connectivity index (χ2v) is 8.57. The number of thioether (sulfide) groups is 1. The lowest BCUT2D eigenvalue weighted by Crippen LogP contribution is -2.16. The quantitative estimate of drug-likeness (QED) is 0.223. The van der Waals surface area contributed by atoms with Gasteiger partial charge < -0.3 is 5.11 Å². The smallest absolute Gasteiger partial charge is 0.316 e. The van der Waals surface area contributed by atoms with Gasteiger partial charge in [0, 0.05) is 4.90 Å². The summed E-state index contributed by atoms with van der Waals surface area (Å²) in [5, 5.41) is 9.09. The molecule has 0 spiro atoms. The van der Waals surface area contributed by atoms with Crippen molar-refractivity contribution < 1.29 is 9.90 Å². The van der Waals surface area contributed by atoms with E-state index in [0.29, 0.717) is 0 Å². The monoisotopic (exact) mass is 378 g/mol. The molecular weight excluding hydrogens is 340 g/mol. The molecule has 1 unspecified atom stereocenters.